The fraction of sp³-hybridized carbons (Fsp3) is 0.529. The van der Waals surface area contributed by atoms with E-state index in [1.54, 1.807) is 6.92 Å². The van der Waals surface area contributed by atoms with Gasteiger partial charge in [-0.1, -0.05) is 30.3 Å². The van der Waals surface area contributed by atoms with Crippen molar-refractivity contribution in [3.8, 4) is 6.07 Å². The van der Waals surface area contributed by atoms with Crippen molar-refractivity contribution < 1.29 is 9.53 Å². The van der Waals surface area contributed by atoms with Crippen LogP contribution in [-0.2, 0) is 14.9 Å². The fourth-order valence-corrected chi connectivity index (χ4v) is 2.91. The van der Waals surface area contributed by atoms with Crippen molar-refractivity contribution >= 4 is 5.91 Å². The number of carbonyl (C=O) groups excluding carboxylic acids is 1. The first-order valence-corrected chi connectivity index (χ1v) is 7.50. The van der Waals surface area contributed by atoms with Crippen molar-refractivity contribution in [2.45, 2.75) is 38.2 Å². The van der Waals surface area contributed by atoms with Crippen molar-refractivity contribution in [3.63, 3.8) is 0 Å². The van der Waals surface area contributed by atoms with Crippen LogP contribution in [0.4, 0.5) is 0 Å². The number of ether oxygens (including phenoxy) is 1. The highest BCUT2D eigenvalue weighted by molar-refractivity contribution is 5.80. The van der Waals surface area contributed by atoms with E-state index in [9.17, 15) is 10.1 Å². The summed E-state index contributed by atoms with van der Waals surface area (Å²) in [6, 6.07) is 12.4. The zero-order valence-corrected chi connectivity index (χ0v) is 12.7. The Kier molecular flexibility index (Phi) is 4.98. The van der Waals surface area contributed by atoms with E-state index in [0.717, 1.165) is 5.56 Å². The molecule has 1 saturated heterocycles. The van der Waals surface area contributed by atoms with Gasteiger partial charge in [0.1, 0.15) is 6.10 Å². The van der Waals surface area contributed by atoms with Gasteiger partial charge in [-0.3, -0.25) is 4.79 Å². The third-order valence-corrected chi connectivity index (χ3v) is 4.23. The van der Waals surface area contributed by atoms with Crippen molar-refractivity contribution in [3.05, 3.63) is 35.9 Å². The number of nitriles is 1. The molecule has 1 amide bonds. The zero-order valence-electron chi connectivity index (χ0n) is 12.7. The summed E-state index contributed by atoms with van der Waals surface area (Å²) in [5.74, 6) is 0.0245. The summed E-state index contributed by atoms with van der Waals surface area (Å²) in [7, 11) is 0. The lowest BCUT2D eigenvalue weighted by molar-refractivity contribution is -0.143. The number of benzene rings is 1. The zero-order chi connectivity index (χ0) is 15.3. The van der Waals surface area contributed by atoms with Gasteiger partial charge < -0.3 is 9.64 Å². The van der Waals surface area contributed by atoms with E-state index in [1.165, 1.54) is 0 Å². The molecule has 1 aromatic rings. The topological polar surface area (TPSA) is 53.3 Å². The Morgan fingerprint density at radius 2 is 2.00 bits per heavy atom. The summed E-state index contributed by atoms with van der Waals surface area (Å²) < 4.78 is 5.36. The van der Waals surface area contributed by atoms with E-state index in [0.29, 0.717) is 32.5 Å². The van der Waals surface area contributed by atoms with Crippen molar-refractivity contribution in [2.24, 2.45) is 0 Å². The minimum absolute atomic E-state index is 0.0245. The van der Waals surface area contributed by atoms with Gasteiger partial charge in [-0.2, -0.15) is 5.26 Å². The van der Waals surface area contributed by atoms with Gasteiger partial charge in [0, 0.05) is 19.7 Å². The van der Waals surface area contributed by atoms with E-state index in [1.807, 2.05) is 42.2 Å². The molecule has 0 spiro atoms. The molecule has 4 nitrogen and oxygen atoms in total. The van der Waals surface area contributed by atoms with E-state index >= 15 is 0 Å². The Labute approximate surface area is 126 Å². The van der Waals surface area contributed by atoms with Gasteiger partial charge in [-0.05, 0) is 32.3 Å². The second kappa shape index (κ2) is 6.73. The van der Waals surface area contributed by atoms with Gasteiger partial charge in [-0.25, -0.2) is 0 Å². The highest BCUT2D eigenvalue weighted by atomic mass is 16.5. The Morgan fingerprint density at radius 1 is 1.38 bits per heavy atom. The molecular weight excluding hydrogens is 264 g/mol. The summed E-state index contributed by atoms with van der Waals surface area (Å²) in [6.45, 7) is 5.43. The summed E-state index contributed by atoms with van der Waals surface area (Å²) >= 11 is 0. The van der Waals surface area contributed by atoms with Gasteiger partial charge in [0.15, 0.2) is 0 Å². The molecule has 4 heteroatoms. The number of amides is 1. The molecule has 0 radical (unpaired) electrons. The van der Waals surface area contributed by atoms with Crippen LogP contribution in [0.25, 0.3) is 0 Å². The summed E-state index contributed by atoms with van der Waals surface area (Å²) in [5.41, 5.74) is 0.588. The molecule has 1 atom stereocenters. The molecule has 112 valence electrons. The van der Waals surface area contributed by atoms with Crippen LogP contribution in [-0.4, -0.2) is 36.6 Å². The average molecular weight is 286 g/mol. The molecular formula is C17H22N2O2. The minimum atomic E-state index is -0.465. The molecule has 0 aromatic heterocycles. The quantitative estimate of drug-likeness (QED) is 0.854. The predicted molar refractivity (Wildman–Crippen MR) is 80.6 cm³/mol. The van der Waals surface area contributed by atoms with Crippen LogP contribution in [0.15, 0.2) is 30.3 Å². The van der Waals surface area contributed by atoms with E-state index in [4.69, 9.17) is 4.74 Å². The van der Waals surface area contributed by atoms with Gasteiger partial charge in [0.05, 0.1) is 11.5 Å². The predicted octanol–water partition coefficient (Wildman–Crippen LogP) is 2.50. The average Bonchev–Trinajstić information content (AvgIpc) is 2.55. The summed E-state index contributed by atoms with van der Waals surface area (Å²) in [5, 5.41) is 9.64. The lowest BCUT2D eigenvalue weighted by atomic mass is 9.74. The maximum atomic E-state index is 12.2. The monoisotopic (exact) mass is 286 g/mol. The van der Waals surface area contributed by atoms with E-state index in [-0.39, 0.29) is 5.91 Å². The van der Waals surface area contributed by atoms with Gasteiger partial charge >= 0.3 is 0 Å². The first kappa shape index (κ1) is 15.5. The lowest BCUT2D eigenvalue weighted by Crippen LogP contribution is -2.48. The molecule has 0 bridgehead atoms. The Morgan fingerprint density at radius 3 is 2.52 bits per heavy atom. The molecule has 1 aliphatic rings. The fourth-order valence-electron chi connectivity index (χ4n) is 2.91. The normalized spacial score (nSPS) is 18.8. The number of rotatable bonds is 4. The Bertz CT molecular complexity index is 513. The third-order valence-electron chi connectivity index (χ3n) is 4.23. The highest BCUT2D eigenvalue weighted by Crippen LogP contribution is 2.35. The van der Waals surface area contributed by atoms with Crippen molar-refractivity contribution in [1.29, 1.82) is 5.26 Å². The van der Waals surface area contributed by atoms with Crippen LogP contribution in [0.5, 0.6) is 0 Å². The first-order valence-electron chi connectivity index (χ1n) is 7.50. The number of carbonyl (C=O) groups is 1. The van der Waals surface area contributed by atoms with E-state index < -0.39 is 11.5 Å². The SMILES string of the molecule is CCO[C@H](C)C(=O)N1CCC(C#N)(c2ccccc2)CC1. The van der Waals surface area contributed by atoms with Crippen molar-refractivity contribution in [2.75, 3.05) is 19.7 Å². The second-order valence-electron chi connectivity index (χ2n) is 5.48. The summed E-state index contributed by atoms with van der Waals surface area (Å²) in [4.78, 5) is 14.1. The molecule has 0 saturated carbocycles. The van der Waals surface area contributed by atoms with Crippen LogP contribution in [0.3, 0.4) is 0 Å². The number of hydrogen-bond donors (Lipinski definition) is 0. The largest absolute Gasteiger partial charge is 0.369 e. The number of nitrogens with zero attached hydrogens (tertiary/aromatic N) is 2. The van der Waals surface area contributed by atoms with Crippen LogP contribution in [0.2, 0.25) is 0 Å². The molecule has 1 aromatic carbocycles. The maximum absolute atomic E-state index is 12.2. The van der Waals surface area contributed by atoms with Crippen LogP contribution < -0.4 is 0 Å². The number of hydrogen-bond acceptors (Lipinski definition) is 3. The molecule has 0 N–H and O–H groups in total. The minimum Gasteiger partial charge on any atom is -0.369 e. The highest BCUT2D eigenvalue weighted by Gasteiger charge is 2.38. The molecule has 0 unspecified atom stereocenters. The maximum Gasteiger partial charge on any atom is 0.251 e. The van der Waals surface area contributed by atoms with Gasteiger partial charge in [-0.15, -0.1) is 0 Å². The molecule has 1 aliphatic heterocycles. The molecule has 1 heterocycles. The smallest absolute Gasteiger partial charge is 0.251 e. The van der Waals surface area contributed by atoms with Gasteiger partial charge in [0.2, 0.25) is 0 Å². The molecule has 0 aliphatic carbocycles. The molecule has 1 fully saturated rings. The Hall–Kier alpha value is -1.86. The third kappa shape index (κ3) is 3.25. The molecule has 21 heavy (non-hydrogen) atoms. The number of likely N-dealkylation sites (tertiary alicyclic amines) is 1. The van der Waals surface area contributed by atoms with Crippen LogP contribution in [0, 0.1) is 11.3 Å². The van der Waals surface area contributed by atoms with Crippen LogP contribution >= 0.6 is 0 Å². The first-order chi connectivity index (χ1) is 10.1. The second-order valence-corrected chi connectivity index (χ2v) is 5.48. The number of piperidine rings is 1. The van der Waals surface area contributed by atoms with E-state index in [2.05, 4.69) is 6.07 Å². The lowest BCUT2D eigenvalue weighted by Gasteiger charge is -2.38. The van der Waals surface area contributed by atoms with Crippen LogP contribution in [0.1, 0.15) is 32.3 Å². The summed E-state index contributed by atoms with van der Waals surface area (Å²) in [6.07, 6.45) is 0.956. The van der Waals surface area contributed by atoms with Gasteiger partial charge in [0.25, 0.3) is 5.91 Å². The standard InChI is InChI=1S/C17H22N2O2/c1-3-21-14(2)16(20)19-11-9-17(13-18,10-12-19)15-7-5-4-6-8-15/h4-8,14H,3,9-12H2,1-2H3/t14-/m1/s1. The molecule has 2 rings (SSSR count). The Balaban J connectivity index is 2.05. The van der Waals surface area contributed by atoms with Crippen molar-refractivity contribution in [1.82, 2.24) is 4.90 Å².